The van der Waals surface area contributed by atoms with Crippen LogP contribution in [0.15, 0.2) is 18.6 Å². The molecule has 0 aliphatic rings. The molecule has 0 atom stereocenters. The Labute approximate surface area is 107 Å². The lowest BCUT2D eigenvalue weighted by atomic mass is 10.3. The number of amides is 1. The highest BCUT2D eigenvalue weighted by molar-refractivity contribution is 7.18. The SMILES string of the molecule is Cc1cc(NC(=O)c2cncn2C)sc1C(=O)O. The van der Waals surface area contributed by atoms with Gasteiger partial charge in [0, 0.05) is 7.05 Å². The molecule has 0 unspecified atom stereocenters. The first-order chi connectivity index (χ1) is 8.49. The normalized spacial score (nSPS) is 10.3. The van der Waals surface area contributed by atoms with Gasteiger partial charge in [0.25, 0.3) is 5.91 Å². The summed E-state index contributed by atoms with van der Waals surface area (Å²) >= 11 is 1.04. The van der Waals surface area contributed by atoms with Gasteiger partial charge >= 0.3 is 5.97 Å². The number of aryl methyl sites for hydroxylation is 2. The fraction of sp³-hybridized carbons (Fsp3) is 0.182. The van der Waals surface area contributed by atoms with Gasteiger partial charge in [0.2, 0.25) is 0 Å². The summed E-state index contributed by atoms with van der Waals surface area (Å²) in [7, 11) is 1.71. The molecule has 94 valence electrons. The summed E-state index contributed by atoms with van der Waals surface area (Å²) in [6.45, 7) is 1.69. The van der Waals surface area contributed by atoms with Crippen LogP contribution in [0.4, 0.5) is 5.00 Å². The monoisotopic (exact) mass is 265 g/mol. The van der Waals surface area contributed by atoms with Crippen molar-refractivity contribution in [3.8, 4) is 0 Å². The summed E-state index contributed by atoms with van der Waals surface area (Å²) < 4.78 is 1.59. The van der Waals surface area contributed by atoms with E-state index < -0.39 is 5.97 Å². The summed E-state index contributed by atoms with van der Waals surface area (Å²) in [5.41, 5.74) is 1.05. The minimum absolute atomic E-state index is 0.232. The van der Waals surface area contributed by atoms with E-state index >= 15 is 0 Å². The highest BCUT2D eigenvalue weighted by Gasteiger charge is 2.15. The van der Waals surface area contributed by atoms with E-state index in [2.05, 4.69) is 10.3 Å². The van der Waals surface area contributed by atoms with E-state index in [0.29, 0.717) is 16.3 Å². The van der Waals surface area contributed by atoms with Crippen LogP contribution in [0.2, 0.25) is 0 Å². The topological polar surface area (TPSA) is 84.2 Å². The van der Waals surface area contributed by atoms with Crippen LogP contribution in [0, 0.1) is 6.92 Å². The number of aromatic nitrogens is 2. The van der Waals surface area contributed by atoms with Crippen molar-refractivity contribution in [3.05, 3.63) is 34.7 Å². The van der Waals surface area contributed by atoms with Crippen molar-refractivity contribution in [1.82, 2.24) is 9.55 Å². The molecular formula is C11H11N3O3S. The minimum atomic E-state index is -0.987. The van der Waals surface area contributed by atoms with Crippen LogP contribution in [0.1, 0.15) is 25.7 Å². The van der Waals surface area contributed by atoms with E-state index in [4.69, 9.17) is 5.11 Å². The van der Waals surface area contributed by atoms with Gasteiger partial charge in [0.05, 0.1) is 17.5 Å². The molecule has 0 fully saturated rings. The van der Waals surface area contributed by atoms with E-state index in [-0.39, 0.29) is 10.8 Å². The summed E-state index contributed by atoms with van der Waals surface area (Å²) in [5.74, 6) is -1.30. The Bertz CT molecular complexity index is 615. The number of nitrogens with one attached hydrogen (secondary N) is 1. The molecule has 2 rings (SSSR count). The molecule has 2 N–H and O–H groups in total. The van der Waals surface area contributed by atoms with E-state index in [1.165, 1.54) is 12.5 Å². The predicted octanol–water partition coefficient (Wildman–Crippen LogP) is 1.74. The van der Waals surface area contributed by atoms with Crippen LogP contribution < -0.4 is 5.32 Å². The van der Waals surface area contributed by atoms with Crippen LogP contribution in [0.5, 0.6) is 0 Å². The molecule has 2 aromatic heterocycles. The number of rotatable bonds is 3. The van der Waals surface area contributed by atoms with Crippen molar-refractivity contribution in [1.29, 1.82) is 0 Å². The van der Waals surface area contributed by atoms with Crippen molar-refractivity contribution in [2.75, 3.05) is 5.32 Å². The second-order valence-corrected chi connectivity index (χ2v) is 4.82. The lowest BCUT2D eigenvalue weighted by Gasteiger charge is -2.02. The van der Waals surface area contributed by atoms with Crippen molar-refractivity contribution in [2.45, 2.75) is 6.92 Å². The molecule has 0 bridgehead atoms. The number of hydrogen-bond donors (Lipinski definition) is 2. The lowest BCUT2D eigenvalue weighted by Crippen LogP contribution is -2.14. The zero-order valence-electron chi connectivity index (χ0n) is 9.80. The average Bonchev–Trinajstić information content (AvgIpc) is 2.84. The van der Waals surface area contributed by atoms with Crippen LogP contribution in [0.3, 0.4) is 0 Å². The summed E-state index contributed by atoms with van der Waals surface area (Å²) in [6.07, 6.45) is 2.98. The molecule has 0 aliphatic carbocycles. The first-order valence-corrected chi connectivity index (χ1v) is 5.92. The molecule has 0 aliphatic heterocycles. The zero-order valence-corrected chi connectivity index (χ0v) is 10.6. The van der Waals surface area contributed by atoms with Gasteiger partial charge in [-0.15, -0.1) is 11.3 Å². The molecule has 0 saturated heterocycles. The maximum absolute atomic E-state index is 11.9. The number of carboxylic acids is 1. The van der Waals surface area contributed by atoms with Gasteiger partial charge in [-0.2, -0.15) is 0 Å². The van der Waals surface area contributed by atoms with Crippen molar-refractivity contribution in [2.24, 2.45) is 7.05 Å². The fourth-order valence-corrected chi connectivity index (χ4v) is 2.41. The average molecular weight is 265 g/mol. The highest BCUT2D eigenvalue weighted by Crippen LogP contribution is 2.26. The molecule has 6 nitrogen and oxygen atoms in total. The van der Waals surface area contributed by atoms with E-state index in [1.807, 2.05) is 0 Å². The van der Waals surface area contributed by atoms with Gasteiger partial charge < -0.3 is 15.0 Å². The van der Waals surface area contributed by atoms with Gasteiger partial charge in [-0.05, 0) is 18.6 Å². The number of carbonyl (C=O) groups is 2. The van der Waals surface area contributed by atoms with Gasteiger partial charge in [0.1, 0.15) is 10.6 Å². The third kappa shape index (κ3) is 2.25. The molecule has 0 spiro atoms. The molecule has 2 heterocycles. The maximum atomic E-state index is 11.9. The smallest absolute Gasteiger partial charge is 0.346 e. The number of thiophene rings is 1. The Morgan fingerprint density at radius 1 is 1.50 bits per heavy atom. The molecular weight excluding hydrogens is 254 g/mol. The number of carbonyl (C=O) groups excluding carboxylic acids is 1. The first-order valence-electron chi connectivity index (χ1n) is 5.10. The molecule has 0 saturated carbocycles. The standard InChI is InChI=1S/C11H11N3O3S/c1-6-3-8(18-9(6)11(16)17)13-10(15)7-4-12-5-14(7)2/h3-5H,1-2H3,(H,13,15)(H,16,17). The minimum Gasteiger partial charge on any atom is -0.477 e. The van der Waals surface area contributed by atoms with Crippen LogP contribution in [-0.2, 0) is 7.05 Å². The molecule has 1 amide bonds. The Morgan fingerprint density at radius 2 is 2.22 bits per heavy atom. The maximum Gasteiger partial charge on any atom is 0.346 e. The molecule has 7 heteroatoms. The van der Waals surface area contributed by atoms with Gasteiger partial charge in [-0.1, -0.05) is 0 Å². The quantitative estimate of drug-likeness (QED) is 0.885. The predicted molar refractivity (Wildman–Crippen MR) is 67.2 cm³/mol. The van der Waals surface area contributed by atoms with Crippen molar-refractivity contribution >= 4 is 28.2 Å². The molecule has 0 aromatic carbocycles. The first kappa shape index (κ1) is 12.3. The lowest BCUT2D eigenvalue weighted by molar-refractivity contribution is 0.0701. The zero-order chi connectivity index (χ0) is 13.3. The number of anilines is 1. The summed E-state index contributed by atoms with van der Waals surface area (Å²) in [5, 5.41) is 12.1. The summed E-state index contributed by atoms with van der Waals surface area (Å²) in [6, 6.07) is 1.64. The van der Waals surface area contributed by atoms with Crippen LogP contribution in [-0.4, -0.2) is 26.5 Å². The Hall–Kier alpha value is -2.15. The molecule has 0 radical (unpaired) electrons. The number of hydrogen-bond acceptors (Lipinski definition) is 4. The molecule has 18 heavy (non-hydrogen) atoms. The molecule has 2 aromatic rings. The number of imidazole rings is 1. The summed E-state index contributed by atoms with van der Waals surface area (Å²) in [4.78, 5) is 26.8. The van der Waals surface area contributed by atoms with E-state index in [1.54, 1.807) is 24.6 Å². The van der Waals surface area contributed by atoms with Crippen LogP contribution >= 0.6 is 11.3 Å². The fourth-order valence-electron chi connectivity index (χ4n) is 1.51. The second kappa shape index (κ2) is 4.61. The van der Waals surface area contributed by atoms with E-state index in [0.717, 1.165) is 11.3 Å². The Kier molecular flexibility index (Phi) is 3.15. The number of carboxylic acid groups (broad SMARTS) is 1. The Balaban J connectivity index is 2.20. The third-order valence-electron chi connectivity index (χ3n) is 2.40. The van der Waals surface area contributed by atoms with Crippen molar-refractivity contribution < 1.29 is 14.7 Å². The second-order valence-electron chi connectivity index (χ2n) is 3.77. The van der Waals surface area contributed by atoms with Gasteiger partial charge in [0.15, 0.2) is 0 Å². The number of aromatic carboxylic acids is 1. The van der Waals surface area contributed by atoms with Crippen LogP contribution in [0.25, 0.3) is 0 Å². The van der Waals surface area contributed by atoms with Gasteiger partial charge in [-0.25, -0.2) is 9.78 Å². The highest BCUT2D eigenvalue weighted by atomic mass is 32.1. The largest absolute Gasteiger partial charge is 0.477 e. The number of nitrogens with zero attached hydrogens (tertiary/aromatic N) is 2. The van der Waals surface area contributed by atoms with Gasteiger partial charge in [-0.3, -0.25) is 4.79 Å². The Morgan fingerprint density at radius 3 is 2.72 bits per heavy atom. The third-order valence-corrected chi connectivity index (χ3v) is 3.54. The van der Waals surface area contributed by atoms with Crippen molar-refractivity contribution in [3.63, 3.8) is 0 Å². The van der Waals surface area contributed by atoms with E-state index in [9.17, 15) is 9.59 Å².